The highest BCUT2D eigenvalue weighted by Gasteiger charge is 2.32. The molecule has 2 heterocycles. The van der Waals surface area contributed by atoms with Crippen molar-refractivity contribution in [1.82, 2.24) is 19.7 Å². The van der Waals surface area contributed by atoms with Crippen LogP contribution in [-0.4, -0.2) is 25.5 Å². The number of rotatable bonds is 3. The molecule has 138 valence electrons. The summed E-state index contributed by atoms with van der Waals surface area (Å²) in [6.07, 6.45) is 1.13. The number of carbonyl (C=O) groups is 1. The molecule has 1 N–H and O–H groups in total. The van der Waals surface area contributed by atoms with Gasteiger partial charge in [0.25, 0.3) is 5.95 Å². The topological polar surface area (TPSA) is 72.7 Å². The highest BCUT2D eigenvalue weighted by atomic mass is 19.1. The largest absolute Gasteiger partial charge is 0.336 e. The molecule has 0 saturated carbocycles. The van der Waals surface area contributed by atoms with Crippen LogP contribution in [0, 0.1) is 25.6 Å². The number of nitrogens with zero attached hydrogens (tertiary/aromatic N) is 4. The van der Waals surface area contributed by atoms with Gasteiger partial charge in [0.15, 0.2) is 11.6 Å². The van der Waals surface area contributed by atoms with Crippen molar-refractivity contribution >= 4 is 17.3 Å². The fourth-order valence-electron chi connectivity index (χ4n) is 3.50. The minimum atomic E-state index is -0.403. The quantitative estimate of drug-likeness (QED) is 0.761. The molecule has 0 aliphatic heterocycles. The second-order valence-electron chi connectivity index (χ2n) is 7.07. The van der Waals surface area contributed by atoms with E-state index in [2.05, 4.69) is 20.4 Å². The number of benzene rings is 1. The summed E-state index contributed by atoms with van der Waals surface area (Å²) in [5, 5.41) is 7.54. The van der Waals surface area contributed by atoms with Crippen LogP contribution in [-0.2, 0) is 6.42 Å². The van der Waals surface area contributed by atoms with E-state index in [4.69, 9.17) is 0 Å². The van der Waals surface area contributed by atoms with E-state index in [1.54, 1.807) is 22.9 Å². The number of fused-ring (bicyclic) bond motifs is 1. The van der Waals surface area contributed by atoms with E-state index in [1.807, 2.05) is 26.8 Å². The van der Waals surface area contributed by atoms with E-state index in [0.29, 0.717) is 30.2 Å². The molecule has 1 aromatic carbocycles. The lowest BCUT2D eigenvalue weighted by Crippen LogP contribution is -2.20. The third-order valence-electron chi connectivity index (χ3n) is 4.62. The number of aromatic nitrogens is 4. The van der Waals surface area contributed by atoms with Crippen molar-refractivity contribution in [1.29, 1.82) is 0 Å². The average Bonchev–Trinajstić information content (AvgIpc) is 2.94. The number of anilines is 2. The summed E-state index contributed by atoms with van der Waals surface area (Å²) in [6, 6.07) is 8.20. The molecule has 3 aromatic rings. The molecule has 0 fully saturated rings. The Morgan fingerprint density at radius 2 is 1.85 bits per heavy atom. The standard InChI is InChI=1S/C20H20FN5O/c1-11-8-16-18(17(27)9-11)19(24-15-7-5-4-6-14(15)21)25-26(16)20-22-12(2)10-13(3)23-20/h4-7,10-11H,8-9H2,1-3H3,(H,24,25). The first-order valence-corrected chi connectivity index (χ1v) is 8.91. The Morgan fingerprint density at radius 3 is 2.56 bits per heavy atom. The van der Waals surface area contributed by atoms with Crippen LogP contribution in [0.15, 0.2) is 30.3 Å². The Labute approximate surface area is 156 Å². The molecule has 1 atom stereocenters. The van der Waals surface area contributed by atoms with Crippen LogP contribution in [0.3, 0.4) is 0 Å². The molecular formula is C20H20FN5O. The summed E-state index contributed by atoms with van der Waals surface area (Å²) in [5.74, 6) is 0.563. The highest BCUT2D eigenvalue weighted by molar-refractivity contribution is 6.03. The van der Waals surface area contributed by atoms with E-state index >= 15 is 0 Å². The van der Waals surface area contributed by atoms with Gasteiger partial charge in [-0.2, -0.15) is 0 Å². The fourth-order valence-corrected chi connectivity index (χ4v) is 3.50. The number of hydrogen-bond acceptors (Lipinski definition) is 5. The Hall–Kier alpha value is -3.09. The van der Waals surface area contributed by atoms with Gasteiger partial charge in [0, 0.05) is 17.8 Å². The highest BCUT2D eigenvalue weighted by Crippen LogP contribution is 2.33. The van der Waals surface area contributed by atoms with Crippen molar-refractivity contribution in [3.05, 3.63) is 58.8 Å². The van der Waals surface area contributed by atoms with Crippen molar-refractivity contribution in [3.8, 4) is 5.95 Å². The summed E-state index contributed by atoms with van der Waals surface area (Å²) in [7, 11) is 0. The molecule has 7 heteroatoms. The SMILES string of the molecule is Cc1cc(C)nc(-n2nc(Nc3ccccc3F)c3c2CC(C)CC3=O)n1. The number of ketones is 1. The Kier molecular flexibility index (Phi) is 4.22. The number of nitrogens with one attached hydrogen (secondary N) is 1. The van der Waals surface area contributed by atoms with Crippen molar-refractivity contribution in [2.75, 3.05) is 5.32 Å². The predicted molar refractivity (Wildman–Crippen MR) is 100 cm³/mol. The Bertz CT molecular complexity index is 1020. The Morgan fingerprint density at radius 1 is 1.15 bits per heavy atom. The van der Waals surface area contributed by atoms with Crippen molar-refractivity contribution < 1.29 is 9.18 Å². The molecule has 4 rings (SSSR count). The lowest BCUT2D eigenvalue weighted by atomic mass is 9.88. The molecule has 1 aliphatic carbocycles. The number of hydrogen-bond donors (Lipinski definition) is 1. The fraction of sp³-hybridized carbons (Fsp3) is 0.300. The van der Waals surface area contributed by atoms with Gasteiger partial charge in [0.2, 0.25) is 0 Å². The molecule has 6 nitrogen and oxygen atoms in total. The summed E-state index contributed by atoms with van der Waals surface area (Å²) < 4.78 is 15.7. The van der Waals surface area contributed by atoms with Crippen LogP contribution in [0.1, 0.15) is 40.8 Å². The van der Waals surface area contributed by atoms with E-state index in [-0.39, 0.29) is 17.4 Å². The van der Waals surface area contributed by atoms with Gasteiger partial charge in [-0.3, -0.25) is 4.79 Å². The Balaban J connectivity index is 1.88. The predicted octanol–water partition coefficient (Wildman–Crippen LogP) is 3.93. The van der Waals surface area contributed by atoms with E-state index in [0.717, 1.165) is 17.1 Å². The van der Waals surface area contributed by atoms with Gasteiger partial charge >= 0.3 is 0 Å². The minimum Gasteiger partial charge on any atom is -0.336 e. The minimum absolute atomic E-state index is 0.00165. The number of Topliss-reactive ketones (excluding diaryl/α,β-unsaturated/α-hetero) is 1. The number of carbonyl (C=O) groups excluding carboxylic acids is 1. The molecule has 1 unspecified atom stereocenters. The van der Waals surface area contributed by atoms with Crippen molar-refractivity contribution in [3.63, 3.8) is 0 Å². The van der Waals surface area contributed by atoms with Crippen LogP contribution in [0.25, 0.3) is 5.95 Å². The first kappa shape index (κ1) is 17.3. The third-order valence-corrected chi connectivity index (χ3v) is 4.62. The molecule has 0 radical (unpaired) electrons. The summed E-state index contributed by atoms with van der Waals surface area (Å²) in [6.45, 7) is 5.81. The average molecular weight is 365 g/mol. The van der Waals surface area contributed by atoms with E-state index in [1.165, 1.54) is 6.07 Å². The van der Waals surface area contributed by atoms with Crippen LogP contribution < -0.4 is 5.32 Å². The summed E-state index contributed by atoms with van der Waals surface area (Å²) in [5.41, 5.74) is 3.18. The maximum atomic E-state index is 14.1. The first-order valence-electron chi connectivity index (χ1n) is 8.91. The smallest absolute Gasteiger partial charge is 0.251 e. The monoisotopic (exact) mass is 365 g/mol. The molecule has 0 amide bonds. The maximum absolute atomic E-state index is 14.1. The van der Waals surface area contributed by atoms with E-state index < -0.39 is 5.82 Å². The number of para-hydroxylation sites is 1. The van der Waals surface area contributed by atoms with Crippen LogP contribution >= 0.6 is 0 Å². The zero-order valence-corrected chi connectivity index (χ0v) is 15.5. The van der Waals surface area contributed by atoms with Gasteiger partial charge in [0.05, 0.1) is 16.9 Å². The maximum Gasteiger partial charge on any atom is 0.251 e. The molecule has 0 bridgehead atoms. The molecule has 2 aromatic heterocycles. The van der Waals surface area contributed by atoms with Gasteiger partial charge in [-0.1, -0.05) is 19.1 Å². The number of halogens is 1. The van der Waals surface area contributed by atoms with Crippen LogP contribution in [0.5, 0.6) is 0 Å². The zero-order valence-electron chi connectivity index (χ0n) is 15.5. The van der Waals surface area contributed by atoms with Crippen LogP contribution in [0.2, 0.25) is 0 Å². The lowest BCUT2D eigenvalue weighted by molar-refractivity contribution is 0.0953. The molecule has 0 saturated heterocycles. The molecular weight excluding hydrogens is 345 g/mol. The number of aryl methyl sites for hydroxylation is 2. The lowest BCUT2D eigenvalue weighted by Gasteiger charge is -2.19. The zero-order chi connectivity index (χ0) is 19.1. The van der Waals surface area contributed by atoms with Gasteiger partial charge in [-0.15, -0.1) is 5.10 Å². The molecule has 1 aliphatic rings. The van der Waals surface area contributed by atoms with Crippen LogP contribution in [0.4, 0.5) is 15.9 Å². The van der Waals surface area contributed by atoms with Gasteiger partial charge < -0.3 is 5.32 Å². The molecule has 27 heavy (non-hydrogen) atoms. The first-order chi connectivity index (χ1) is 12.9. The van der Waals surface area contributed by atoms with Gasteiger partial charge in [0.1, 0.15) is 5.82 Å². The summed E-state index contributed by atoms with van der Waals surface area (Å²) in [4.78, 5) is 21.7. The third kappa shape index (κ3) is 3.20. The molecule has 0 spiro atoms. The summed E-state index contributed by atoms with van der Waals surface area (Å²) >= 11 is 0. The van der Waals surface area contributed by atoms with E-state index in [9.17, 15) is 9.18 Å². The normalized spacial score (nSPS) is 16.3. The second-order valence-corrected chi connectivity index (χ2v) is 7.07. The van der Waals surface area contributed by atoms with Crippen molar-refractivity contribution in [2.45, 2.75) is 33.6 Å². The van der Waals surface area contributed by atoms with Gasteiger partial charge in [-0.05, 0) is 44.4 Å². The van der Waals surface area contributed by atoms with Gasteiger partial charge in [-0.25, -0.2) is 19.0 Å². The van der Waals surface area contributed by atoms with Crippen molar-refractivity contribution in [2.24, 2.45) is 5.92 Å². The second kappa shape index (κ2) is 6.57.